The van der Waals surface area contributed by atoms with E-state index in [9.17, 15) is 13.3 Å². The number of hydrogen-bond acceptors (Lipinski definition) is 4. The van der Waals surface area contributed by atoms with Gasteiger partial charge in [-0.1, -0.05) is 3.28 Å². The molecule has 0 heterocycles. The maximum atomic E-state index is 10.4. The molecule has 1 unspecified atom stereocenters. The average Bonchev–Trinajstić information content (AvgIpc) is 2.03. The third-order valence-electron chi connectivity index (χ3n) is 2.10. The normalized spacial score (nSPS) is 37.2. The van der Waals surface area contributed by atoms with E-state index in [1.54, 1.807) is 0 Å². The minimum atomic E-state index is -1.72. The van der Waals surface area contributed by atoms with E-state index in [1.165, 1.54) is 0 Å². The number of halogens is 1. The van der Waals surface area contributed by atoms with Crippen molar-refractivity contribution in [3.05, 3.63) is 0 Å². The van der Waals surface area contributed by atoms with Crippen LogP contribution in [-0.2, 0) is 3.07 Å². The molecule has 72 valence electrons. The molecule has 12 heavy (non-hydrogen) atoms. The van der Waals surface area contributed by atoms with Crippen LogP contribution in [0.4, 0.5) is 0 Å². The average molecular weight is 289 g/mol. The van der Waals surface area contributed by atoms with Crippen LogP contribution in [0.25, 0.3) is 0 Å². The smallest absolute Gasteiger partial charge is 0.266 e. The van der Waals surface area contributed by atoms with Crippen LogP contribution in [0.15, 0.2) is 0 Å². The predicted molar refractivity (Wildman–Crippen MR) is 48.0 cm³/mol. The summed E-state index contributed by atoms with van der Waals surface area (Å²) in [6, 6.07) is -0.760. The van der Waals surface area contributed by atoms with Gasteiger partial charge < -0.3 is 15.4 Å². The van der Waals surface area contributed by atoms with Gasteiger partial charge in [-0.25, -0.2) is 3.07 Å². The quantitative estimate of drug-likeness (QED) is 0.384. The van der Waals surface area contributed by atoms with E-state index in [4.69, 9.17) is 5.21 Å². The van der Waals surface area contributed by atoms with Gasteiger partial charge in [0.05, 0.1) is 18.2 Å². The maximum Gasteiger partial charge on any atom is 0.266 e. The van der Waals surface area contributed by atoms with Crippen LogP contribution in [0.5, 0.6) is 0 Å². The molecule has 0 bridgehead atoms. The molecule has 1 aliphatic rings. The summed E-state index contributed by atoms with van der Waals surface area (Å²) in [5.74, 6) is 0. The van der Waals surface area contributed by atoms with Crippen LogP contribution in [0.3, 0.4) is 0 Å². The Morgan fingerprint density at radius 2 is 1.75 bits per heavy atom. The zero-order valence-electron chi connectivity index (χ0n) is 6.43. The number of hydrogen-bond donors (Lipinski definition) is 3. The second-order valence-electron chi connectivity index (χ2n) is 2.91. The van der Waals surface area contributed by atoms with E-state index in [0.29, 0.717) is 16.1 Å². The zero-order valence-corrected chi connectivity index (χ0v) is 8.59. The van der Waals surface area contributed by atoms with Crippen molar-refractivity contribution in [3.8, 4) is 0 Å². The first kappa shape index (κ1) is 10.5. The largest absolute Gasteiger partial charge is 0.391 e. The number of aliphatic hydroxyl groups excluding tert-OH is 2. The Kier molecular flexibility index (Phi) is 3.97. The van der Waals surface area contributed by atoms with Crippen molar-refractivity contribution in [1.29, 1.82) is 0 Å². The van der Waals surface area contributed by atoms with Gasteiger partial charge in [-0.05, 0) is 19.3 Å². The van der Waals surface area contributed by atoms with E-state index < -0.39 is 39.7 Å². The van der Waals surface area contributed by atoms with E-state index in [1.807, 2.05) is 0 Å². The summed E-state index contributed by atoms with van der Waals surface area (Å²) in [6.07, 6.45) is 0.286. The highest BCUT2D eigenvalue weighted by Gasteiger charge is 2.35. The van der Waals surface area contributed by atoms with Gasteiger partial charge in [0.1, 0.15) is 0 Å². The van der Waals surface area contributed by atoms with Gasteiger partial charge in [0.25, 0.3) is 21.5 Å². The fourth-order valence-corrected chi connectivity index (χ4v) is 2.47. The minimum Gasteiger partial charge on any atom is -0.391 e. The molecule has 0 saturated heterocycles. The van der Waals surface area contributed by atoms with Crippen molar-refractivity contribution in [2.24, 2.45) is 0 Å². The van der Waals surface area contributed by atoms with Gasteiger partial charge in [0.15, 0.2) is 0 Å². The van der Waals surface area contributed by atoms with Crippen molar-refractivity contribution in [3.63, 3.8) is 0 Å². The van der Waals surface area contributed by atoms with E-state index in [0.717, 1.165) is 6.42 Å². The molecule has 0 spiro atoms. The molecule has 0 radical (unpaired) electrons. The lowest BCUT2D eigenvalue weighted by Gasteiger charge is -2.33. The molecule has 6 heteroatoms. The Hall–Kier alpha value is 0.370. The van der Waals surface area contributed by atoms with Gasteiger partial charge in [-0.3, -0.25) is 0 Å². The van der Waals surface area contributed by atoms with Crippen molar-refractivity contribution >= 4 is 21.5 Å². The summed E-state index contributed by atoms with van der Waals surface area (Å²) >= 11 is -1.72. The standard InChI is InChI=1S/C6H12INO4/c9-4-2-1-3-5(10)6(4)8(12)7-11/h4-6,9-10,12H,1-3H2/t4-,5+,6?. The van der Waals surface area contributed by atoms with E-state index in [2.05, 4.69) is 0 Å². The van der Waals surface area contributed by atoms with Crippen LogP contribution < -0.4 is 0 Å². The van der Waals surface area contributed by atoms with Gasteiger partial charge in [-0.15, -0.1) is 0 Å². The number of aliphatic hydroxyl groups is 2. The molecule has 1 aliphatic carbocycles. The van der Waals surface area contributed by atoms with Gasteiger partial charge in [0.2, 0.25) is 0 Å². The Morgan fingerprint density at radius 1 is 1.25 bits per heavy atom. The summed E-state index contributed by atoms with van der Waals surface area (Å²) in [5.41, 5.74) is 0. The molecule has 1 fully saturated rings. The molecule has 0 aromatic heterocycles. The summed E-state index contributed by atoms with van der Waals surface area (Å²) in [7, 11) is 0. The van der Waals surface area contributed by atoms with Crippen molar-refractivity contribution in [2.75, 3.05) is 0 Å². The lowest BCUT2D eigenvalue weighted by molar-refractivity contribution is -0.113. The summed E-state index contributed by atoms with van der Waals surface area (Å²) in [4.78, 5) is 0. The molecule has 3 N–H and O–H groups in total. The molecule has 5 nitrogen and oxygen atoms in total. The fourth-order valence-electron chi connectivity index (χ4n) is 1.46. The number of hydroxylamine groups is 1. The fraction of sp³-hybridized carbons (Fsp3) is 1.00. The van der Waals surface area contributed by atoms with Crippen LogP contribution in [0.1, 0.15) is 19.3 Å². The van der Waals surface area contributed by atoms with Crippen molar-refractivity contribution in [2.45, 2.75) is 37.5 Å². The third-order valence-corrected chi connectivity index (χ3v) is 3.15. The molecule has 1 rings (SSSR count). The Balaban J connectivity index is 2.62. The van der Waals surface area contributed by atoms with Crippen LogP contribution in [-0.4, -0.2) is 36.9 Å². The Morgan fingerprint density at radius 3 is 2.17 bits per heavy atom. The van der Waals surface area contributed by atoms with E-state index >= 15 is 0 Å². The minimum absolute atomic E-state index is 0.544. The highest BCUT2D eigenvalue weighted by Crippen LogP contribution is 2.25. The molecule has 0 aromatic rings. The molecule has 3 atom stereocenters. The summed E-state index contributed by atoms with van der Waals surface area (Å²) < 4.78 is 11.0. The molecule has 0 amide bonds. The van der Waals surface area contributed by atoms with E-state index in [-0.39, 0.29) is 0 Å². The Bertz CT molecular complexity index is 158. The molecule has 0 aromatic carbocycles. The van der Waals surface area contributed by atoms with Crippen LogP contribution in [0, 0.1) is 0 Å². The van der Waals surface area contributed by atoms with Crippen molar-refractivity contribution in [1.82, 2.24) is 3.28 Å². The Labute approximate surface area is 80.9 Å². The second-order valence-corrected chi connectivity index (χ2v) is 4.30. The first-order chi connectivity index (χ1) is 5.66. The first-order valence-electron chi connectivity index (χ1n) is 3.78. The summed E-state index contributed by atoms with van der Waals surface area (Å²) in [6.45, 7) is 0. The molecular formula is C6H12INO4. The summed E-state index contributed by atoms with van der Waals surface area (Å²) in [5, 5.41) is 27.8. The topological polar surface area (TPSA) is 81.0 Å². The maximum absolute atomic E-state index is 10.4. The molecular weight excluding hydrogens is 277 g/mol. The predicted octanol–water partition coefficient (Wildman–Crippen LogP) is 0.183. The first-order valence-corrected chi connectivity index (χ1v) is 5.63. The van der Waals surface area contributed by atoms with Crippen molar-refractivity contribution < 1.29 is 18.5 Å². The second kappa shape index (κ2) is 4.56. The van der Waals surface area contributed by atoms with Gasteiger partial charge in [-0.2, -0.15) is 0 Å². The lowest BCUT2D eigenvalue weighted by Crippen LogP contribution is -2.48. The zero-order chi connectivity index (χ0) is 9.14. The monoisotopic (exact) mass is 289 g/mol. The van der Waals surface area contributed by atoms with Gasteiger partial charge >= 0.3 is 0 Å². The molecule has 0 aliphatic heterocycles. The number of nitrogens with zero attached hydrogens (tertiary/aromatic N) is 1. The van der Waals surface area contributed by atoms with Crippen LogP contribution in [0.2, 0.25) is 0 Å². The SMILES string of the molecule is O=IN(O)C1[C@H](O)CCC[C@@H]1O. The highest BCUT2D eigenvalue weighted by molar-refractivity contribution is 14.1. The highest BCUT2D eigenvalue weighted by atomic mass is 127. The third kappa shape index (κ3) is 2.19. The molecule has 1 saturated carbocycles. The number of rotatable bonds is 2. The lowest BCUT2D eigenvalue weighted by atomic mass is 9.91. The van der Waals surface area contributed by atoms with Gasteiger partial charge in [0, 0.05) is 0 Å². The van der Waals surface area contributed by atoms with Crippen LogP contribution >= 0.6 is 21.5 Å².